The molecule has 0 bridgehead atoms. The number of para-hydroxylation sites is 1. The normalized spacial score (nSPS) is 14.0. The minimum atomic E-state index is -0.498. The second kappa shape index (κ2) is 7.87. The summed E-state index contributed by atoms with van der Waals surface area (Å²) in [4.78, 5) is 0. The molecule has 2 atom stereocenters. The second-order valence-electron chi connectivity index (χ2n) is 4.11. The number of ether oxygens (including phenoxy) is 1. The van der Waals surface area contributed by atoms with Gasteiger partial charge in [-0.05, 0) is 25.5 Å². The fourth-order valence-electron chi connectivity index (χ4n) is 1.44. The van der Waals surface area contributed by atoms with E-state index in [9.17, 15) is 5.11 Å². The average molecular weight is 235 g/mol. The Hall–Kier alpha value is -1.32. The van der Waals surface area contributed by atoms with Crippen LogP contribution in [-0.4, -0.2) is 30.4 Å². The number of hydrogen-bond donors (Lipinski definition) is 2. The zero-order valence-corrected chi connectivity index (χ0v) is 10.3. The van der Waals surface area contributed by atoms with Crippen molar-refractivity contribution in [1.82, 2.24) is 5.32 Å². The van der Waals surface area contributed by atoms with Crippen molar-refractivity contribution in [2.24, 2.45) is 0 Å². The van der Waals surface area contributed by atoms with Gasteiger partial charge in [-0.25, -0.2) is 0 Å². The van der Waals surface area contributed by atoms with Gasteiger partial charge in [0.1, 0.15) is 18.5 Å². The topological polar surface area (TPSA) is 41.5 Å². The SMILES string of the molecule is C=CCC(C)NCC(O)COc1ccccc1. The van der Waals surface area contributed by atoms with E-state index in [1.165, 1.54) is 0 Å². The summed E-state index contributed by atoms with van der Waals surface area (Å²) in [5.74, 6) is 0.783. The first-order chi connectivity index (χ1) is 8.22. The Balaban J connectivity index is 2.17. The summed E-state index contributed by atoms with van der Waals surface area (Å²) < 4.78 is 5.45. The predicted octanol–water partition coefficient (Wildman–Crippen LogP) is 1.98. The van der Waals surface area contributed by atoms with Gasteiger partial charge >= 0.3 is 0 Å². The molecule has 0 spiro atoms. The molecule has 3 heteroatoms. The van der Waals surface area contributed by atoms with Crippen LogP contribution in [0.5, 0.6) is 5.75 Å². The summed E-state index contributed by atoms with van der Waals surface area (Å²) in [6, 6.07) is 9.83. The van der Waals surface area contributed by atoms with Crippen molar-refractivity contribution in [2.45, 2.75) is 25.5 Å². The third-order valence-corrected chi connectivity index (χ3v) is 2.41. The zero-order valence-electron chi connectivity index (χ0n) is 10.3. The largest absolute Gasteiger partial charge is 0.491 e. The molecule has 0 fully saturated rings. The number of rotatable bonds is 8. The molecule has 1 aromatic carbocycles. The van der Waals surface area contributed by atoms with Crippen LogP contribution < -0.4 is 10.1 Å². The number of nitrogens with one attached hydrogen (secondary N) is 1. The minimum Gasteiger partial charge on any atom is -0.491 e. The lowest BCUT2D eigenvalue weighted by molar-refractivity contribution is 0.104. The third-order valence-electron chi connectivity index (χ3n) is 2.41. The van der Waals surface area contributed by atoms with Crippen LogP contribution in [0.25, 0.3) is 0 Å². The summed E-state index contributed by atoms with van der Waals surface area (Å²) in [6.07, 6.45) is 2.26. The summed E-state index contributed by atoms with van der Waals surface area (Å²) >= 11 is 0. The van der Waals surface area contributed by atoms with Gasteiger partial charge in [0, 0.05) is 12.6 Å². The van der Waals surface area contributed by atoms with Gasteiger partial charge in [0.15, 0.2) is 0 Å². The van der Waals surface area contributed by atoms with Crippen LogP contribution in [0, 0.1) is 0 Å². The summed E-state index contributed by atoms with van der Waals surface area (Å²) in [5.41, 5.74) is 0. The number of benzene rings is 1. The highest BCUT2D eigenvalue weighted by Gasteiger charge is 2.06. The molecule has 0 amide bonds. The number of aliphatic hydroxyl groups is 1. The summed E-state index contributed by atoms with van der Waals surface area (Å²) in [6.45, 7) is 6.57. The molecule has 0 saturated carbocycles. The highest BCUT2D eigenvalue weighted by atomic mass is 16.5. The number of hydrogen-bond acceptors (Lipinski definition) is 3. The first kappa shape index (κ1) is 13.7. The maximum atomic E-state index is 9.71. The van der Waals surface area contributed by atoms with Crippen molar-refractivity contribution in [1.29, 1.82) is 0 Å². The lowest BCUT2D eigenvalue weighted by Crippen LogP contribution is -2.36. The van der Waals surface area contributed by atoms with Gasteiger partial charge in [-0.15, -0.1) is 6.58 Å². The zero-order chi connectivity index (χ0) is 12.5. The summed E-state index contributed by atoms with van der Waals surface area (Å²) in [5, 5.41) is 12.9. The van der Waals surface area contributed by atoms with E-state index in [1.54, 1.807) is 0 Å². The maximum absolute atomic E-state index is 9.71. The highest BCUT2D eigenvalue weighted by Crippen LogP contribution is 2.08. The molecule has 1 aromatic rings. The van der Waals surface area contributed by atoms with E-state index in [0.29, 0.717) is 19.2 Å². The standard InChI is InChI=1S/C14H21NO2/c1-3-7-12(2)15-10-13(16)11-17-14-8-5-4-6-9-14/h3-6,8-9,12-13,15-16H,1,7,10-11H2,2H3. The van der Waals surface area contributed by atoms with Crippen molar-refractivity contribution in [3.05, 3.63) is 43.0 Å². The van der Waals surface area contributed by atoms with Crippen molar-refractivity contribution in [3.8, 4) is 5.75 Å². The van der Waals surface area contributed by atoms with Crippen molar-refractivity contribution >= 4 is 0 Å². The predicted molar refractivity (Wildman–Crippen MR) is 70.2 cm³/mol. The maximum Gasteiger partial charge on any atom is 0.119 e. The molecule has 3 nitrogen and oxygen atoms in total. The molecule has 0 aliphatic heterocycles. The smallest absolute Gasteiger partial charge is 0.119 e. The van der Waals surface area contributed by atoms with Crippen molar-refractivity contribution < 1.29 is 9.84 Å². The van der Waals surface area contributed by atoms with Gasteiger partial charge in [0.2, 0.25) is 0 Å². The van der Waals surface area contributed by atoms with Gasteiger partial charge in [-0.2, -0.15) is 0 Å². The molecule has 0 aliphatic carbocycles. The lowest BCUT2D eigenvalue weighted by Gasteiger charge is -2.16. The molecule has 2 N–H and O–H groups in total. The van der Waals surface area contributed by atoms with E-state index in [-0.39, 0.29) is 0 Å². The van der Waals surface area contributed by atoms with E-state index in [2.05, 4.69) is 18.8 Å². The third kappa shape index (κ3) is 6.09. The van der Waals surface area contributed by atoms with Crippen LogP contribution in [0.15, 0.2) is 43.0 Å². The van der Waals surface area contributed by atoms with E-state index in [0.717, 1.165) is 12.2 Å². The van der Waals surface area contributed by atoms with Gasteiger partial charge < -0.3 is 15.2 Å². The van der Waals surface area contributed by atoms with E-state index in [4.69, 9.17) is 4.74 Å². The van der Waals surface area contributed by atoms with Crippen LogP contribution in [-0.2, 0) is 0 Å². The highest BCUT2D eigenvalue weighted by molar-refractivity contribution is 5.20. The molecule has 0 aliphatic rings. The molecule has 17 heavy (non-hydrogen) atoms. The first-order valence-electron chi connectivity index (χ1n) is 5.92. The Kier molecular flexibility index (Phi) is 6.37. The van der Waals surface area contributed by atoms with E-state index < -0.39 is 6.10 Å². The lowest BCUT2D eigenvalue weighted by atomic mass is 10.2. The molecular weight excluding hydrogens is 214 g/mol. The van der Waals surface area contributed by atoms with Crippen LogP contribution in [0.1, 0.15) is 13.3 Å². The van der Waals surface area contributed by atoms with Crippen LogP contribution in [0.2, 0.25) is 0 Å². The second-order valence-corrected chi connectivity index (χ2v) is 4.11. The van der Waals surface area contributed by atoms with Gasteiger partial charge in [0.25, 0.3) is 0 Å². The molecule has 0 aromatic heterocycles. The Morgan fingerprint density at radius 3 is 2.76 bits per heavy atom. The molecule has 94 valence electrons. The summed E-state index contributed by atoms with van der Waals surface area (Å²) in [7, 11) is 0. The average Bonchev–Trinajstić information content (AvgIpc) is 2.35. The van der Waals surface area contributed by atoms with Crippen molar-refractivity contribution in [3.63, 3.8) is 0 Å². The Morgan fingerprint density at radius 1 is 1.41 bits per heavy atom. The Labute approximate surface area is 103 Å². The fraction of sp³-hybridized carbons (Fsp3) is 0.429. The van der Waals surface area contributed by atoms with Gasteiger partial charge in [-0.1, -0.05) is 24.3 Å². The molecule has 1 rings (SSSR count). The molecule has 0 saturated heterocycles. The number of aliphatic hydroxyl groups excluding tert-OH is 1. The Morgan fingerprint density at radius 2 is 2.12 bits per heavy atom. The molecule has 0 radical (unpaired) electrons. The van der Waals surface area contributed by atoms with Crippen LogP contribution in [0.4, 0.5) is 0 Å². The van der Waals surface area contributed by atoms with E-state index >= 15 is 0 Å². The van der Waals surface area contributed by atoms with Crippen molar-refractivity contribution in [2.75, 3.05) is 13.2 Å². The minimum absolute atomic E-state index is 0.303. The molecule has 0 heterocycles. The first-order valence-corrected chi connectivity index (χ1v) is 5.92. The van der Waals surface area contributed by atoms with Gasteiger partial charge in [-0.3, -0.25) is 0 Å². The quantitative estimate of drug-likeness (QED) is 0.677. The van der Waals surface area contributed by atoms with Crippen LogP contribution in [0.3, 0.4) is 0 Å². The monoisotopic (exact) mass is 235 g/mol. The van der Waals surface area contributed by atoms with Crippen LogP contribution >= 0.6 is 0 Å². The fourth-order valence-corrected chi connectivity index (χ4v) is 1.44. The molecule has 2 unspecified atom stereocenters. The Bertz CT molecular complexity index is 313. The van der Waals surface area contributed by atoms with Gasteiger partial charge in [0.05, 0.1) is 0 Å². The van der Waals surface area contributed by atoms with E-state index in [1.807, 2.05) is 36.4 Å². The molecular formula is C14H21NO2.